The van der Waals surface area contributed by atoms with Crippen LogP contribution in [0, 0.1) is 0 Å². The van der Waals surface area contributed by atoms with Gasteiger partial charge in [-0.1, -0.05) is 6.08 Å². The van der Waals surface area contributed by atoms with E-state index in [0.29, 0.717) is 24.2 Å². The number of nitrogens with one attached hydrogen (secondary N) is 2. The van der Waals surface area contributed by atoms with Crippen LogP contribution in [0.15, 0.2) is 23.4 Å². The van der Waals surface area contributed by atoms with E-state index in [0.717, 1.165) is 0 Å². The molecule has 0 heterocycles. The number of carbonyl (C=O) groups excluding carboxylic acids is 1. The summed E-state index contributed by atoms with van der Waals surface area (Å²) in [7, 11) is 0. The van der Waals surface area contributed by atoms with Crippen LogP contribution in [0.2, 0.25) is 0 Å². The van der Waals surface area contributed by atoms with Crippen molar-refractivity contribution in [1.82, 2.24) is 10.8 Å². The van der Waals surface area contributed by atoms with Crippen LogP contribution in [0.5, 0.6) is 0 Å². The zero-order valence-electron chi connectivity index (χ0n) is 10.6. The lowest BCUT2D eigenvalue weighted by molar-refractivity contribution is -0.142. The van der Waals surface area contributed by atoms with Gasteiger partial charge in [0.1, 0.15) is 0 Å². The summed E-state index contributed by atoms with van der Waals surface area (Å²) in [4.78, 5) is 11.7. The first kappa shape index (κ1) is 14.7. The number of hydrogen-bond donors (Lipinski definition) is 4. The minimum absolute atomic E-state index is 0.0151. The predicted molar refractivity (Wildman–Crippen MR) is 65.8 cm³/mol. The predicted octanol–water partition coefficient (Wildman–Crippen LogP) is 0.0813. The van der Waals surface area contributed by atoms with Crippen molar-refractivity contribution in [2.75, 3.05) is 13.2 Å². The Labute approximate surface area is 106 Å². The number of rotatable bonds is 6. The molecule has 4 N–H and O–H groups in total. The Morgan fingerprint density at radius 2 is 2.33 bits per heavy atom. The highest BCUT2D eigenvalue weighted by molar-refractivity contribution is 5.92. The Bertz CT molecular complexity index is 350. The van der Waals surface area contributed by atoms with Crippen molar-refractivity contribution in [3.63, 3.8) is 0 Å². The van der Waals surface area contributed by atoms with E-state index in [2.05, 4.69) is 10.8 Å². The molecule has 18 heavy (non-hydrogen) atoms. The average molecular weight is 256 g/mol. The lowest BCUT2D eigenvalue weighted by Gasteiger charge is -2.23. The molecule has 0 radical (unpaired) electrons. The van der Waals surface area contributed by atoms with Gasteiger partial charge in [-0.3, -0.25) is 10.7 Å². The summed E-state index contributed by atoms with van der Waals surface area (Å²) < 4.78 is 5.08. The van der Waals surface area contributed by atoms with E-state index in [-0.39, 0.29) is 18.8 Å². The van der Waals surface area contributed by atoms with E-state index in [1.165, 1.54) is 0 Å². The van der Waals surface area contributed by atoms with Gasteiger partial charge in [0.25, 0.3) is 0 Å². The minimum atomic E-state index is -0.404. The van der Waals surface area contributed by atoms with Gasteiger partial charge < -0.3 is 15.2 Å². The van der Waals surface area contributed by atoms with E-state index in [1.807, 2.05) is 0 Å². The maximum absolute atomic E-state index is 11.7. The fourth-order valence-electron chi connectivity index (χ4n) is 1.67. The highest BCUT2D eigenvalue weighted by atomic mass is 16.5. The van der Waals surface area contributed by atoms with Crippen molar-refractivity contribution in [3.8, 4) is 0 Å². The van der Waals surface area contributed by atoms with Crippen LogP contribution in [0.25, 0.3) is 0 Å². The summed E-state index contributed by atoms with van der Waals surface area (Å²) in [5, 5.41) is 20.8. The largest absolute Gasteiger partial charge is 0.459 e. The summed E-state index contributed by atoms with van der Waals surface area (Å²) in [6, 6.07) is -0.141. The lowest BCUT2D eigenvalue weighted by Crippen LogP contribution is -2.38. The molecule has 1 rings (SSSR count). The Morgan fingerprint density at radius 3 is 2.89 bits per heavy atom. The molecule has 0 amide bonds. The third-order valence-electron chi connectivity index (χ3n) is 2.47. The molecule has 1 aliphatic carbocycles. The molecule has 1 unspecified atom stereocenters. The second-order valence-corrected chi connectivity index (χ2v) is 4.29. The van der Waals surface area contributed by atoms with Crippen molar-refractivity contribution in [2.45, 2.75) is 32.4 Å². The first-order chi connectivity index (χ1) is 8.58. The van der Waals surface area contributed by atoms with Gasteiger partial charge >= 0.3 is 5.97 Å². The Balaban J connectivity index is 2.67. The molecule has 0 saturated heterocycles. The van der Waals surface area contributed by atoms with Gasteiger partial charge in [-0.25, -0.2) is 4.79 Å². The Hall–Kier alpha value is -1.37. The number of aliphatic hydroxyl groups excluding tert-OH is 1. The quantitative estimate of drug-likeness (QED) is 0.397. The molecule has 6 heteroatoms. The van der Waals surface area contributed by atoms with Gasteiger partial charge in [0, 0.05) is 6.54 Å². The molecule has 0 saturated carbocycles. The summed E-state index contributed by atoms with van der Waals surface area (Å²) in [6.07, 6.45) is 3.66. The zero-order chi connectivity index (χ0) is 13.5. The van der Waals surface area contributed by atoms with Gasteiger partial charge in [-0.15, -0.1) is 0 Å². The molecular formula is C12H20N2O4. The topological polar surface area (TPSA) is 90.8 Å². The maximum atomic E-state index is 11.7. The molecule has 0 bridgehead atoms. The molecule has 0 aromatic carbocycles. The van der Waals surface area contributed by atoms with E-state index >= 15 is 0 Å². The number of aliphatic hydroxyl groups is 1. The second kappa shape index (κ2) is 7.15. The van der Waals surface area contributed by atoms with Gasteiger partial charge in [0.05, 0.1) is 30.0 Å². The third kappa shape index (κ3) is 4.14. The summed E-state index contributed by atoms with van der Waals surface area (Å²) >= 11 is 0. The SMILES string of the molecule is CC(C)OC(=O)C1=CCC(NCCO)C(NO)=C1. The van der Waals surface area contributed by atoms with Crippen LogP contribution in [0.3, 0.4) is 0 Å². The van der Waals surface area contributed by atoms with E-state index in [9.17, 15) is 4.79 Å². The van der Waals surface area contributed by atoms with Gasteiger partial charge in [0.2, 0.25) is 0 Å². The molecule has 0 aromatic heterocycles. The first-order valence-corrected chi connectivity index (χ1v) is 5.95. The molecular weight excluding hydrogens is 236 g/mol. The van der Waals surface area contributed by atoms with Crippen LogP contribution < -0.4 is 10.8 Å². The Morgan fingerprint density at radius 1 is 1.61 bits per heavy atom. The van der Waals surface area contributed by atoms with Crippen LogP contribution in [0.1, 0.15) is 20.3 Å². The lowest BCUT2D eigenvalue weighted by atomic mass is 9.99. The van der Waals surface area contributed by atoms with Crippen LogP contribution in [-0.2, 0) is 9.53 Å². The van der Waals surface area contributed by atoms with E-state index in [4.69, 9.17) is 15.1 Å². The van der Waals surface area contributed by atoms with Crippen molar-refractivity contribution < 1.29 is 19.8 Å². The number of ether oxygens (including phenoxy) is 1. The standard InChI is InChI=1S/C12H20N2O4/c1-8(2)18-12(16)9-3-4-10(13-5-6-15)11(7-9)14-17/h3,7-8,10,13-15,17H,4-6H2,1-2H3. The maximum Gasteiger partial charge on any atom is 0.338 e. The molecule has 6 nitrogen and oxygen atoms in total. The van der Waals surface area contributed by atoms with Gasteiger partial charge in [-0.2, -0.15) is 0 Å². The number of hydroxylamine groups is 1. The molecule has 0 aromatic rings. The second-order valence-electron chi connectivity index (χ2n) is 4.29. The fraction of sp³-hybridized carbons (Fsp3) is 0.583. The third-order valence-corrected chi connectivity index (χ3v) is 2.47. The van der Waals surface area contributed by atoms with E-state index in [1.54, 1.807) is 26.0 Å². The first-order valence-electron chi connectivity index (χ1n) is 5.95. The highest BCUT2D eigenvalue weighted by Crippen LogP contribution is 2.17. The minimum Gasteiger partial charge on any atom is -0.459 e. The smallest absolute Gasteiger partial charge is 0.338 e. The molecule has 0 spiro atoms. The molecule has 1 aliphatic rings. The van der Waals surface area contributed by atoms with E-state index < -0.39 is 5.97 Å². The monoisotopic (exact) mass is 256 g/mol. The fourth-order valence-corrected chi connectivity index (χ4v) is 1.67. The summed E-state index contributed by atoms with van der Waals surface area (Å²) in [6.45, 7) is 3.99. The van der Waals surface area contributed by atoms with Crippen molar-refractivity contribution in [2.24, 2.45) is 0 Å². The molecule has 1 atom stereocenters. The molecule has 0 aliphatic heterocycles. The number of carbonyl (C=O) groups is 1. The van der Waals surface area contributed by atoms with Gasteiger partial charge in [0.15, 0.2) is 0 Å². The van der Waals surface area contributed by atoms with Crippen LogP contribution >= 0.6 is 0 Å². The highest BCUT2D eigenvalue weighted by Gasteiger charge is 2.21. The zero-order valence-corrected chi connectivity index (χ0v) is 10.6. The van der Waals surface area contributed by atoms with Crippen LogP contribution in [-0.4, -0.2) is 41.6 Å². The number of hydrogen-bond acceptors (Lipinski definition) is 6. The van der Waals surface area contributed by atoms with Crippen LogP contribution in [0.4, 0.5) is 0 Å². The van der Waals surface area contributed by atoms with Crippen molar-refractivity contribution >= 4 is 5.97 Å². The van der Waals surface area contributed by atoms with Gasteiger partial charge in [-0.05, 0) is 26.3 Å². The summed E-state index contributed by atoms with van der Waals surface area (Å²) in [5.41, 5.74) is 2.98. The number of esters is 1. The molecule has 0 fully saturated rings. The Kier molecular flexibility index (Phi) is 5.84. The average Bonchev–Trinajstić information content (AvgIpc) is 2.35. The van der Waals surface area contributed by atoms with Crippen molar-refractivity contribution in [3.05, 3.63) is 23.4 Å². The molecule has 102 valence electrons. The summed E-state index contributed by atoms with van der Waals surface area (Å²) in [5.74, 6) is -0.404. The van der Waals surface area contributed by atoms with Crippen molar-refractivity contribution in [1.29, 1.82) is 0 Å². The normalized spacial score (nSPS) is 19.3.